The van der Waals surface area contributed by atoms with Gasteiger partial charge in [-0.05, 0) is 62.8 Å². The number of carbonyl (C=O) groups is 3. The van der Waals surface area contributed by atoms with Gasteiger partial charge in [0.1, 0.15) is 5.00 Å². The molecule has 0 spiro atoms. The van der Waals surface area contributed by atoms with E-state index < -0.39 is 5.97 Å². The molecule has 170 valence electrons. The summed E-state index contributed by atoms with van der Waals surface area (Å²) in [7, 11) is 1.34. The summed E-state index contributed by atoms with van der Waals surface area (Å²) in [6, 6.07) is 8.32. The molecule has 2 aliphatic carbocycles. The Labute approximate surface area is 192 Å². The Balaban J connectivity index is 1.39. The molecule has 8 heteroatoms. The SMILES string of the molecule is COC(=O)c1c(NC(=O)CN(Cc2ccc(C(=O)NC3CC3)cc2)C2CC2)sc(C)c1C. The number of ether oxygens (including phenoxy) is 1. The Kier molecular flexibility index (Phi) is 6.62. The maximum atomic E-state index is 12.8. The quantitative estimate of drug-likeness (QED) is 0.564. The summed E-state index contributed by atoms with van der Waals surface area (Å²) >= 11 is 1.39. The van der Waals surface area contributed by atoms with Crippen molar-refractivity contribution in [1.29, 1.82) is 0 Å². The van der Waals surface area contributed by atoms with Crippen LogP contribution in [-0.4, -0.2) is 48.4 Å². The number of carbonyl (C=O) groups excluding carboxylic acids is 3. The van der Waals surface area contributed by atoms with Crippen molar-refractivity contribution in [2.24, 2.45) is 0 Å². The lowest BCUT2D eigenvalue weighted by atomic mass is 10.1. The van der Waals surface area contributed by atoms with Crippen molar-refractivity contribution in [3.63, 3.8) is 0 Å². The van der Waals surface area contributed by atoms with Crippen molar-refractivity contribution in [1.82, 2.24) is 10.2 Å². The van der Waals surface area contributed by atoms with Crippen molar-refractivity contribution in [3.8, 4) is 0 Å². The Hall–Kier alpha value is -2.71. The molecule has 7 nitrogen and oxygen atoms in total. The van der Waals surface area contributed by atoms with Crippen LogP contribution >= 0.6 is 11.3 Å². The van der Waals surface area contributed by atoms with Crippen molar-refractivity contribution in [2.75, 3.05) is 19.0 Å². The number of hydrogen-bond donors (Lipinski definition) is 2. The van der Waals surface area contributed by atoms with Crippen LogP contribution in [0.15, 0.2) is 24.3 Å². The van der Waals surface area contributed by atoms with Gasteiger partial charge in [-0.3, -0.25) is 14.5 Å². The van der Waals surface area contributed by atoms with Gasteiger partial charge in [0.05, 0.1) is 19.2 Å². The third kappa shape index (κ3) is 5.37. The average Bonchev–Trinajstić information content (AvgIpc) is 3.68. The van der Waals surface area contributed by atoms with E-state index in [-0.39, 0.29) is 18.4 Å². The van der Waals surface area contributed by atoms with Gasteiger partial charge in [0.2, 0.25) is 5.91 Å². The molecule has 0 unspecified atom stereocenters. The maximum absolute atomic E-state index is 12.8. The molecule has 0 bridgehead atoms. The first kappa shape index (κ1) is 22.5. The van der Waals surface area contributed by atoms with Crippen LogP contribution in [0.2, 0.25) is 0 Å². The third-order valence-electron chi connectivity index (χ3n) is 5.95. The molecule has 1 heterocycles. The fourth-order valence-electron chi connectivity index (χ4n) is 3.66. The summed E-state index contributed by atoms with van der Waals surface area (Å²) in [4.78, 5) is 40.3. The number of nitrogens with zero attached hydrogens (tertiary/aromatic N) is 1. The minimum absolute atomic E-state index is 0.0274. The van der Waals surface area contributed by atoms with Gasteiger partial charge < -0.3 is 15.4 Å². The second-order valence-corrected chi connectivity index (χ2v) is 9.83. The van der Waals surface area contributed by atoms with Crippen molar-refractivity contribution in [3.05, 3.63) is 51.4 Å². The normalized spacial score (nSPS) is 15.5. The summed E-state index contributed by atoms with van der Waals surface area (Å²) in [6.07, 6.45) is 4.27. The molecule has 4 rings (SSSR count). The Morgan fingerprint density at radius 1 is 1.09 bits per heavy atom. The van der Waals surface area contributed by atoms with Crippen LogP contribution in [0.5, 0.6) is 0 Å². The number of hydrogen-bond acceptors (Lipinski definition) is 6. The topological polar surface area (TPSA) is 87.7 Å². The van der Waals surface area contributed by atoms with E-state index in [0.29, 0.717) is 34.8 Å². The molecule has 0 saturated heterocycles. The van der Waals surface area contributed by atoms with E-state index in [4.69, 9.17) is 4.74 Å². The van der Waals surface area contributed by atoms with Crippen LogP contribution in [0, 0.1) is 13.8 Å². The fraction of sp³-hybridized carbons (Fsp3) is 0.458. The summed E-state index contributed by atoms with van der Waals surface area (Å²) in [5.74, 6) is -0.615. The van der Waals surface area contributed by atoms with Gasteiger partial charge in [-0.1, -0.05) is 12.1 Å². The molecule has 2 N–H and O–H groups in total. The summed E-state index contributed by atoms with van der Waals surface area (Å²) in [6.45, 7) is 4.66. The smallest absolute Gasteiger partial charge is 0.341 e. The maximum Gasteiger partial charge on any atom is 0.341 e. The highest BCUT2D eigenvalue weighted by molar-refractivity contribution is 7.16. The number of nitrogens with one attached hydrogen (secondary N) is 2. The van der Waals surface area contributed by atoms with E-state index in [9.17, 15) is 14.4 Å². The van der Waals surface area contributed by atoms with E-state index in [1.807, 2.05) is 38.1 Å². The van der Waals surface area contributed by atoms with Gasteiger partial charge in [-0.2, -0.15) is 0 Å². The molecular formula is C24H29N3O4S. The monoisotopic (exact) mass is 455 g/mol. The van der Waals surface area contributed by atoms with E-state index in [1.54, 1.807) is 0 Å². The van der Waals surface area contributed by atoms with E-state index >= 15 is 0 Å². The van der Waals surface area contributed by atoms with Crippen molar-refractivity contribution < 1.29 is 19.1 Å². The zero-order valence-electron chi connectivity index (χ0n) is 18.7. The van der Waals surface area contributed by atoms with Crippen LogP contribution in [-0.2, 0) is 16.1 Å². The lowest BCUT2D eigenvalue weighted by Crippen LogP contribution is -2.34. The zero-order valence-corrected chi connectivity index (χ0v) is 19.5. The predicted octanol–water partition coefficient (Wildman–Crippen LogP) is 3.65. The number of esters is 1. The molecule has 2 amide bonds. The van der Waals surface area contributed by atoms with Gasteiger partial charge in [0.25, 0.3) is 5.91 Å². The Morgan fingerprint density at radius 3 is 2.38 bits per heavy atom. The lowest BCUT2D eigenvalue weighted by molar-refractivity contribution is -0.117. The highest BCUT2D eigenvalue weighted by atomic mass is 32.1. The minimum atomic E-state index is -0.438. The summed E-state index contributed by atoms with van der Waals surface area (Å²) < 4.78 is 4.89. The van der Waals surface area contributed by atoms with Crippen molar-refractivity contribution in [2.45, 2.75) is 58.2 Å². The number of aryl methyl sites for hydroxylation is 1. The molecule has 2 aliphatic rings. The van der Waals surface area contributed by atoms with Crippen LogP contribution in [0.3, 0.4) is 0 Å². The first-order valence-electron chi connectivity index (χ1n) is 11.0. The lowest BCUT2D eigenvalue weighted by Gasteiger charge is -2.21. The fourth-order valence-corrected chi connectivity index (χ4v) is 4.72. The number of benzene rings is 1. The average molecular weight is 456 g/mol. The first-order chi connectivity index (χ1) is 15.4. The van der Waals surface area contributed by atoms with Gasteiger partial charge in [0, 0.05) is 29.1 Å². The number of amides is 2. The Morgan fingerprint density at radius 2 is 1.78 bits per heavy atom. The third-order valence-corrected chi connectivity index (χ3v) is 7.07. The number of thiophene rings is 1. The molecule has 0 radical (unpaired) electrons. The molecule has 0 atom stereocenters. The number of anilines is 1. The van der Waals surface area contributed by atoms with E-state index in [0.717, 1.165) is 41.7 Å². The Bertz CT molecular complexity index is 1020. The van der Waals surface area contributed by atoms with Crippen molar-refractivity contribution >= 4 is 34.1 Å². The molecule has 32 heavy (non-hydrogen) atoms. The van der Waals surface area contributed by atoms with Crippen LogP contribution < -0.4 is 10.6 Å². The van der Waals surface area contributed by atoms with Crippen LogP contribution in [0.1, 0.15) is 62.4 Å². The van der Waals surface area contributed by atoms with Gasteiger partial charge >= 0.3 is 5.97 Å². The second-order valence-electron chi connectivity index (χ2n) is 8.61. The molecule has 2 fully saturated rings. The minimum Gasteiger partial charge on any atom is -0.465 e. The summed E-state index contributed by atoms with van der Waals surface area (Å²) in [5, 5.41) is 6.45. The molecule has 2 aromatic rings. The predicted molar refractivity (Wildman–Crippen MR) is 124 cm³/mol. The molecular weight excluding hydrogens is 426 g/mol. The first-order valence-corrected chi connectivity index (χ1v) is 11.8. The number of rotatable bonds is 9. The standard InChI is InChI=1S/C24H29N3O4S/c1-14-15(2)32-23(21(14)24(30)31-3)26-20(28)13-27(19-10-11-19)12-16-4-6-17(7-5-16)22(29)25-18-8-9-18/h4-7,18-19H,8-13H2,1-3H3,(H,25,29)(H,26,28). The zero-order chi connectivity index (χ0) is 22.8. The van der Waals surface area contributed by atoms with Crippen LogP contribution in [0.25, 0.3) is 0 Å². The largest absolute Gasteiger partial charge is 0.465 e. The highest BCUT2D eigenvalue weighted by Gasteiger charge is 2.31. The van der Waals surface area contributed by atoms with Crippen LogP contribution in [0.4, 0.5) is 5.00 Å². The van der Waals surface area contributed by atoms with Gasteiger partial charge in [0.15, 0.2) is 0 Å². The second kappa shape index (κ2) is 9.42. The van der Waals surface area contributed by atoms with Gasteiger partial charge in [-0.15, -0.1) is 11.3 Å². The summed E-state index contributed by atoms with van der Waals surface area (Å²) in [5.41, 5.74) is 2.99. The molecule has 1 aromatic heterocycles. The molecule has 1 aromatic carbocycles. The van der Waals surface area contributed by atoms with E-state index in [1.165, 1.54) is 18.4 Å². The number of methoxy groups -OCH3 is 1. The molecule has 0 aliphatic heterocycles. The van der Waals surface area contributed by atoms with Gasteiger partial charge in [-0.25, -0.2) is 4.79 Å². The highest BCUT2D eigenvalue weighted by Crippen LogP contribution is 2.33. The molecule has 2 saturated carbocycles. The van der Waals surface area contributed by atoms with E-state index in [2.05, 4.69) is 15.5 Å².